The predicted molar refractivity (Wildman–Crippen MR) is 221 cm³/mol. The van der Waals surface area contributed by atoms with Crippen LogP contribution < -0.4 is 9.47 Å². The minimum absolute atomic E-state index is 0.0106. The molecular weight excluding hydrogens is 699 g/mol. The van der Waals surface area contributed by atoms with Crippen LogP contribution in [0.4, 0.5) is 0 Å². The number of aliphatic hydroxyl groups is 2. The number of fused-ring (bicyclic) bond motifs is 10. The second kappa shape index (κ2) is 16.1. The first-order chi connectivity index (χ1) is 26.8. The van der Waals surface area contributed by atoms with Crippen molar-refractivity contribution in [3.05, 3.63) is 106 Å². The highest BCUT2D eigenvalue weighted by Gasteiger charge is 2.59. The third-order valence-electron chi connectivity index (χ3n) is 15.0. The first-order valence-corrected chi connectivity index (χ1v) is 21.0. The Hall–Kier alpha value is -3.94. The third kappa shape index (κ3) is 7.70. The number of carbonyl (C=O) groups excluding carboxylic acids is 2. The largest absolute Gasteiger partial charge is 0.493 e. The van der Waals surface area contributed by atoms with Gasteiger partial charge in [-0.1, -0.05) is 81.0 Å². The van der Waals surface area contributed by atoms with E-state index in [1.54, 1.807) is 14.2 Å². The maximum Gasteiger partial charge on any atom is 0.227 e. The zero-order chi connectivity index (χ0) is 39.8. The van der Waals surface area contributed by atoms with Gasteiger partial charge < -0.3 is 24.6 Å². The number of nitrogens with zero attached hydrogens (tertiary/aromatic N) is 1. The van der Waals surface area contributed by atoms with Gasteiger partial charge in [-0.05, 0) is 135 Å². The van der Waals surface area contributed by atoms with Crippen LogP contribution in [0.1, 0.15) is 124 Å². The van der Waals surface area contributed by atoms with Crippen molar-refractivity contribution in [3.63, 3.8) is 0 Å². The van der Waals surface area contributed by atoms with E-state index in [1.807, 2.05) is 59.5 Å². The molecule has 4 saturated carbocycles. The van der Waals surface area contributed by atoms with E-state index in [9.17, 15) is 19.8 Å². The molecule has 0 spiro atoms. The van der Waals surface area contributed by atoms with Crippen molar-refractivity contribution < 1.29 is 29.3 Å². The number of methoxy groups -OCH3 is 2. The van der Waals surface area contributed by atoms with E-state index in [2.05, 4.69) is 45.9 Å². The van der Waals surface area contributed by atoms with Crippen molar-refractivity contribution >= 4 is 11.7 Å². The molecule has 7 atom stereocenters. The van der Waals surface area contributed by atoms with Crippen molar-refractivity contribution in [2.75, 3.05) is 27.3 Å². The number of aliphatic hydroxyl groups excluding tert-OH is 1. The number of rotatable bonds is 10. The highest BCUT2D eigenvalue weighted by atomic mass is 16.5. The molecule has 4 fully saturated rings. The molecule has 0 saturated heterocycles. The fourth-order valence-corrected chi connectivity index (χ4v) is 11.3. The van der Waals surface area contributed by atoms with Gasteiger partial charge in [0.05, 0.1) is 32.3 Å². The maximum atomic E-state index is 14.7. The molecular formula is C49H63NO6. The summed E-state index contributed by atoms with van der Waals surface area (Å²) < 4.78 is 11.1. The molecule has 9 rings (SSSR count). The smallest absolute Gasteiger partial charge is 0.227 e. The summed E-state index contributed by atoms with van der Waals surface area (Å²) in [6, 6.07) is 21.3. The van der Waals surface area contributed by atoms with Crippen LogP contribution in [0.2, 0.25) is 0 Å². The summed E-state index contributed by atoms with van der Waals surface area (Å²) in [6.07, 6.45) is 10.1. The van der Waals surface area contributed by atoms with E-state index in [1.165, 1.54) is 18.4 Å². The number of ketones is 1. The highest BCUT2D eigenvalue weighted by molar-refractivity contribution is 6.10. The first-order valence-electron chi connectivity index (χ1n) is 21.0. The molecule has 0 unspecified atom stereocenters. The van der Waals surface area contributed by atoms with Gasteiger partial charge in [-0.3, -0.25) is 9.59 Å². The summed E-state index contributed by atoms with van der Waals surface area (Å²) in [4.78, 5) is 31.1. The molecule has 3 aromatic rings. The van der Waals surface area contributed by atoms with Crippen molar-refractivity contribution in [2.45, 2.75) is 116 Å². The van der Waals surface area contributed by atoms with Gasteiger partial charge in [0.1, 0.15) is 0 Å². The molecule has 7 heteroatoms. The third-order valence-corrected chi connectivity index (χ3v) is 15.0. The van der Waals surface area contributed by atoms with Gasteiger partial charge in [0.2, 0.25) is 5.91 Å². The summed E-state index contributed by atoms with van der Waals surface area (Å²) in [6.45, 7) is 10.0. The highest BCUT2D eigenvalue weighted by Crippen LogP contribution is 2.62. The summed E-state index contributed by atoms with van der Waals surface area (Å²) in [5.74, 6) is 2.76. The molecule has 4 bridgehead atoms. The standard InChI is InChI=1S/C49H63NO6/c1-32-11-10-23-48(4)41(39-20-15-33(25-38(51)19-14-32)26-40(39)46(53)35-12-8-7-9-13-35)22-24-49(48,54)31-50(30-36-17-18-37-29-42(36)47(37,2)3)45(52)28-34-16-21-43(55-5)44(27-34)56-6/h7-9,11-13,15-16,20-21,26-27,36-38,41-42,51,54H,10,14,17-19,22-25,28-31H2,1-6H3/t36-,37-,38-,41-,42-,48-,49+/m0/s1. The molecule has 0 aromatic heterocycles. The summed E-state index contributed by atoms with van der Waals surface area (Å²) >= 11 is 0. The van der Waals surface area contributed by atoms with Gasteiger partial charge in [0, 0.05) is 29.6 Å². The molecule has 56 heavy (non-hydrogen) atoms. The molecule has 6 aliphatic rings. The van der Waals surface area contributed by atoms with Crippen molar-refractivity contribution in [2.24, 2.45) is 28.6 Å². The van der Waals surface area contributed by atoms with Crippen LogP contribution in [0, 0.1) is 28.6 Å². The zero-order valence-corrected chi connectivity index (χ0v) is 34.5. The van der Waals surface area contributed by atoms with Crippen LogP contribution in [0.3, 0.4) is 0 Å². The number of amides is 1. The Morgan fingerprint density at radius 1 is 0.893 bits per heavy atom. The van der Waals surface area contributed by atoms with Crippen LogP contribution in [0.25, 0.3) is 0 Å². The van der Waals surface area contributed by atoms with Crippen LogP contribution in [-0.4, -0.2) is 65.8 Å². The molecule has 7 nitrogen and oxygen atoms in total. The number of hydrogen-bond donors (Lipinski definition) is 2. The normalized spacial score (nSPS) is 29.6. The molecule has 3 aromatic carbocycles. The minimum Gasteiger partial charge on any atom is -0.493 e. The van der Waals surface area contributed by atoms with Crippen LogP contribution in [0.15, 0.2) is 78.4 Å². The maximum absolute atomic E-state index is 14.7. The molecule has 6 aliphatic carbocycles. The fraction of sp³-hybridized carbons (Fsp3) is 0.551. The fourth-order valence-electron chi connectivity index (χ4n) is 11.3. The van der Waals surface area contributed by atoms with Gasteiger partial charge >= 0.3 is 0 Å². The van der Waals surface area contributed by atoms with Gasteiger partial charge in [0.25, 0.3) is 0 Å². The van der Waals surface area contributed by atoms with Gasteiger partial charge in [-0.2, -0.15) is 0 Å². The van der Waals surface area contributed by atoms with E-state index in [0.29, 0.717) is 73.1 Å². The topological polar surface area (TPSA) is 96.3 Å². The molecule has 2 N–H and O–H groups in total. The molecule has 0 radical (unpaired) electrons. The Bertz CT molecular complexity index is 1930. The SMILES string of the molecule is COc1ccc(CC(=O)N(C[C@@H]2CC[C@H]3C[C@@H]2C3(C)C)C[C@]2(O)CC[C@H]3c4ccc(cc4C(=O)c4ccccc4)C[C@@H](O)CCC(C)=CCC[C@@]32C)cc1OC. The summed E-state index contributed by atoms with van der Waals surface area (Å²) in [5, 5.41) is 24.3. The average molecular weight is 762 g/mol. The lowest BCUT2D eigenvalue weighted by molar-refractivity contribution is -0.149. The van der Waals surface area contributed by atoms with E-state index in [4.69, 9.17) is 9.47 Å². The minimum atomic E-state index is -1.20. The van der Waals surface area contributed by atoms with E-state index < -0.39 is 17.1 Å². The van der Waals surface area contributed by atoms with E-state index in [-0.39, 0.29) is 36.0 Å². The monoisotopic (exact) mass is 761 g/mol. The van der Waals surface area contributed by atoms with E-state index in [0.717, 1.165) is 41.9 Å². The molecule has 0 heterocycles. The quantitative estimate of drug-likeness (QED) is 0.158. The second-order valence-electron chi connectivity index (χ2n) is 18.5. The second-order valence-corrected chi connectivity index (χ2v) is 18.5. The Labute approximate surface area is 334 Å². The van der Waals surface area contributed by atoms with Crippen LogP contribution >= 0.6 is 0 Å². The zero-order valence-electron chi connectivity index (χ0n) is 34.5. The first kappa shape index (κ1) is 40.3. The lowest BCUT2D eigenvalue weighted by Crippen LogP contribution is -2.58. The molecule has 1 amide bonds. The predicted octanol–water partition coefficient (Wildman–Crippen LogP) is 9.12. The Morgan fingerprint density at radius 3 is 2.38 bits per heavy atom. The average Bonchev–Trinajstić information content (AvgIpc) is 3.44. The number of allylic oxidation sites excluding steroid dienone is 2. The van der Waals surface area contributed by atoms with Crippen LogP contribution in [0.5, 0.6) is 11.5 Å². The Balaban J connectivity index is 1.27. The summed E-state index contributed by atoms with van der Waals surface area (Å²) in [7, 11) is 3.22. The molecule has 300 valence electrons. The van der Waals surface area contributed by atoms with Crippen molar-refractivity contribution in [1.82, 2.24) is 4.90 Å². The lowest BCUT2D eigenvalue weighted by Gasteiger charge is -2.61. The van der Waals surface area contributed by atoms with Gasteiger partial charge in [-0.25, -0.2) is 0 Å². The summed E-state index contributed by atoms with van der Waals surface area (Å²) in [5.41, 5.74) is 3.68. The Morgan fingerprint density at radius 2 is 1.66 bits per heavy atom. The van der Waals surface area contributed by atoms with Crippen molar-refractivity contribution in [3.8, 4) is 11.5 Å². The van der Waals surface area contributed by atoms with E-state index >= 15 is 0 Å². The van der Waals surface area contributed by atoms with Gasteiger partial charge in [0.15, 0.2) is 17.3 Å². The molecule has 0 aliphatic heterocycles. The van der Waals surface area contributed by atoms with Gasteiger partial charge in [-0.15, -0.1) is 0 Å². The Kier molecular flexibility index (Phi) is 11.6. The number of ether oxygens (including phenoxy) is 2. The van der Waals surface area contributed by atoms with Crippen molar-refractivity contribution in [1.29, 1.82) is 0 Å². The number of carbonyl (C=O) groups is 2. The lowest BCUT2D eigenvalue weighted by atomic mass is 9.45. The number of hydrogen-bond acceptors (Lipinski definition) is 6. The van der Waals surface area contributed by atoms with Crippen LogP contribution in [-0.2, 0) is 17.6 Å². The number of benzene rings is 3.